The van der Waals surface area contributed by atoms with Crippen molar-refractivity contribution in [1.82, 2.24) is 10.2 Å². The van der Waals surface area contributed by atoms with Gasteiger partial charge in [-0.2, -0.15) is 0 Å². The average Bonchev–Trinajstić information content (AvgIpc) is 3.02. The summed E-state index contributed by atoms with van der Waals surface area (Å²) in [6.45, 7) is 0.900. The number of amides is 2. The fourth-order valence-electron chi connectivity index (χ4n) is 2.60. The highest BCUT2D eigenvalue weighted by Crippen LogP contribution is 2.18. The second-order valence-corrected chi connectivity index (χ2v) is 5.31. The van der Waals surface area contributed by atoms with Gasteiger partial charge < -0.3 is 15.3 Å². The van der Waals surface area contributed by atoms with E-state index in [2.05, 4.69) is 5.32 Å². The molecule has 0 spiro atoms. The van der Waals surface area contributed by atoms with Crippen molar-refractivity contribution in [3.8, 4) is 0 Å². The van der Waals surface area contributed by atoms with E-state index in [4.69, 9.17) is 5.11 Å². The van der Waals surface area contributed by atoms with Crippen molar-refractivity contribution in [2.24, 2.45) is 0 Å². The number of aliphatic carboxylic acids is 1. The molecule has 0 unspecified atom stereocenters. The molecule has 0 saturated carbocycles. The summed E-state index contributed by atoms with van der Waals surface area (Å²) in [5.74, 6) is -1.26. The Bertz CT molecular complexity index is 544. The lowest BCUT2D eigenvalue weighted by atomic mass is 10.2. The number of hydrogen-bond acceptors (Lipinski definition) is 3. The third-order valence-corrected chi connectivity index (χ3v) is 3.75. The highest BCUT2D eigenvalue weighted by Gasteiger charge is 2.33. The molecule has 1 aliphatic rings. The Kier molecular flexibility index (Phi) is 5.52. The molecule has 0 aromatic heterocycles. The molecular formula is C16H20N2O4. The first-order chi connectivity index (χ1) is 10.6. The fraction of sp³-hybridized carbons (Fsp3) is 0.438. The lowest BCUT2D eigenvalue weighted by Gasteiger charge is -2.21. The third kappa shape index (κ3) is 4.07. The highest BCUT2D eigenvalue weighted by molar-refractivity contribution is 5.94. The summed E-state index contributed by atoms with van der Waals surface area (Å²) in [5, 5.41) is 11.8. The molecule has 22 heavy (non-hydrogen) atoms. The van der Waals surface area contributed by atoms with Crippen LogP contribution in [0.2, 0.25) is 0 Å². The van der Waals surface area contributed by atoms with E-state index in [1.54, 1.807) is 24.3 Å². The first kappa shape index (κ1) is 16.0. The van der Waals surface area contributed by atoms with E-state index in [1.165, 1.54) is 4.90 Å². The monoisotopic (exact) mass is 304 g/mol. The minimum absolute atomic E-state index is 0.154. The van der Waals surface area contributed by atoms with Gasteiger partial charge in [0.2, 0.25) is 5.91 Å². The molecular weight excluding hydrogens is 284 g/mol. The summed E-state index contributed by atoms with van der Waals surface area (Å²) in [4.78, 5) is 36.3. The van der Waals surface area contributed by atoms with Crippen LogP contribution >= 0.6 is 0 Å². The molecule has 0 bridgehead atoms. The molecule has 6 nitrogen and oxygen atoms in total. The molecule has 1 atom stereocenters. The predicted molar refractivity (Wildman–Crippen MR) is 80.4 cm³/mol. The maximum atomic E-state index is 12.0. The maximum absolute atomic E-state index is 12.0. The van der Waals surface area contributed by atoms with Crippen molar-refractivity contribution in [2.45, 2.75) is 31.7 Å². The molecule has 1 aromatic carbocycles. The van der Waals surface area contributed by atoms with Gasteiger partial charge in [0, 0.05) is 25.1 Å². The number of hydrogen-bond donors (Lipinski definition) is 2. The topological polar surface area (TPSA) is 86.7 Å². The number of carbonyl (C=O) groups is 3. The van der Waals surface area contributed by atoms with Crippen molar-refractivity contribution in [1.29, 1.82) is 0 Å². The van der Waals surface area contributed by atoms with E-state index < -0.39 is 12.0 Å². The van der Waals surface area contributed by atoms with Gasteiger partial charge in [-0.1, -0.05) is 18.2 Å². The zero-order chi connectivity index (χ0) is 15.9. The highest BCUT2D eigenvalue weighted by atomic mass is 16.4. The molecule has 2 amide bonds. The number of carbonyl (C=O) groups excluding carboxylic acids is 2. The Balaban J connectivity index is 1.71. The summed E-state index contributed by atoms with van der Waals surface area (Å²) in [6.07, 6.45) is 2.00. The van der Waals surface area contributed by atoms with Crippen LogP contribution in [-0.2, 0) is 9.59 Å². The Hall–Kier alpha value is -2.37. The van der Waals surface area contributed by atoms with Gasteiger partial charge in [0.1, 0.15) is 6.04 Å². The number of likely N-dealkylation sites (tertiary alicyclic amines) is 1. The van der Waals surface area contributed by atoms with Gasteiger partial charge in [-0.15, -0.1) is 0 Å². The molecule has 0 radical (unpaired) electrons. The summed E-state index contributed by atoms with van der Waals surface area (Å²) < 4.78 is 0. The van der Waals surface area contributed by atoms with E-state index in [0.29, 0.717) is 31.5 Å². The lowest BCUT2D eigenvalue weighted by Crippen LogP contribution is -2.40. The van der Waals surface area contributed by atoms with Gasteiger partial charge >= 0.3 is 5.97 Å². The minimum Gasteiger partial charge on any atom is -0.480 e. The Labute approximate surface area is 129 Å². The summed E-state index contributed by atoms with van der Waals surface area (Å²) >= 11 is 0. The zero-order valence-electron chi connectivity index (χ0n) is 12.3. The number of nitrogens with zero attached hydrogens (tertiary/aromatic N) is 1. The standard InChI is InChI=1S/C16H20N2O4/c19-14(18-11-5-8-13(18)16(21)22)9-4-10-17-15(20)12-6-2-1-3-7-12/h1-3,6-7,13H,4-5,8-11H2,(H,17,20)(H,21,22)/t13-/m1/s1. The first-order valence-corrected chi connectivity index (χ1v) is 7.45. The molecule has 1 saturated heterocycles. The van der Waals surface area contributed by atoms with Gasteiger partial charge in [-0.3, -0.25) is 9.59 Å². The minimum atomic E-state index is -0.941. The van der Waals surface area contributed by atoms with Crippen LogP contribution in [0.3, 0.4) is 0 Å². The van der Waals surface area contributed by atoms with Crippen molar-refractivity contribution in [2.75, 3.05) is 13.1 Å². The maximum Gasteiger partial charge on any atom is 0.326 e. The molecule has 2 N–H and O–H groups in total. The first-order valence-electron chi connectivity index (χ1n) is 7.45. The van der Waals surface area contributed by atoms with E-state index in [0.717, 1.165) is 6.42 Å². The number of carboxylic acid groups (broad SMARTS) is 1. The number of benzene rings is 1. The molecule has 1 aliphatic heterocycles. The smallest absolute Gasteiger partial charge is 0.326 e. The van der Waals surface area contributed by atoms with E-state index in [9.17, 15) is 14.4 Å². The van der Waals surface area contributed by atoms with E-state index in [1.807, 2.05) is 6.07 Å². The van der Waals surface area contributed by atoms with Crippen molar-refractivity contribution >= 4 is 17.8 Å². The van der Waals surface area contributed by atoms with Gasteiger partial charge in [0.15, 0.2) is 0 Å². The van der Waals surface area contributed by atoms with Crippen LogP contribution in [0.25, 0.3) is 0 Å². The quantitative estimate of drug-likeness (QED) is 0.775. The van der Waals surface area contributed by atoms with Gasteiger partial charge in [0.25, 0.3) is 5.91 Å². The Morgan fingerprint density at radius 2 is 1.95 bits per heavy atom. The van der Waals surface area contributed by atoms with Crippen LogP contribution in [0.5, 0.6) is 0 Å². The molecule has 2 rings (SSSR count). The van der Waals surface area contributed by atoms with Crippen molar-refractivity contribution in [3.05, 3.63) is 35.9 Å². The fourth-order valence-corrected chi connectivity index (χ4v) is 2.60. The van der Waals surface area contributed by atoms with Gasteiger partial charge in [0.05, 0.1) is 0 Å². The number of nitrogens with one attached hydrogen (secondary N) is 1. The van der Waals surface area contributed by atoms with Crippen LogP contribution in [0.15, 0.2) is 30.3 Å². The largest absolute Gasteiger partial charge is 0.480 e. The van der Waals surface area contributed by atoms with Crippen LogP contribution in [0.4, 0.5) is 0 Å². The normalized spacial score (nSPS) is 17.3. The second-order valence-electron chi connectivity index (χ2n) is 5.31. The van der Waals surface area contributed by atoms with Crippen molar-refractivity contribution < 1.29 is 19.5 Å². The molecule has 1 fully saturated rings. The SMILES string of the molecule is O=C(NCCCC(=O)N1CCC[C@@H]1C(=O)O)c1ccccc1. The predicted octanol–water partition coefficient (Wildman–Crippen LogP) is 1.27. The van der Waals surface area contributed by atoms with Crippen LogP contribution < -0.4 is 5.32 Å². The summed E-state index contributed by atoms with van der Waals surface area (Å²) in [5.41, 5.74) is 0.583. The number of rotatable bonds is 6. The third-order valence-electron chi connectivity index (χ3n) is 3.75. The molecule has 118 valence electrons. The second kappa shape index (κ2) is 7.59. The number of carboxylic acids is 1. The van der Waals surface area contributed by atoms with Crippen molar-refractivity contribution in [3.63, 3.8) is 0 Å². The van der Waals surface area contributed by atoms with Crippen LogP contribution in [0, 0.1) is 0 Å². The van der Waals surface area contributed by atoms with E-state index >= 15 is 0 Å². The van der Waals surface area contributed by atoms with E-state index in [-0.39, 0.29) is 18.2 Å². The molecule has 1 aromatic rings. The van der Waals surface area contributed by atoms with Gasteiger partial charge in [-0.25, -0.2) is 4.79 Å². The average molecular weight is 304 g/mol. The summed E-state index contributed by atoms with van der Waals surface area (Å²) in [7, 11) is 0. The lowest BCUT2D eigenvalue weighted by molar-refractivity contribution is -0.148. The van der Waals surface area contributed by atoms with Crippen LogP contribution in [-0.4, -0.2) is 46.9 Å². The summed E-state index contributed by atoms with van der Waals surface area (Å²) in [6, 6.07) is 8.18. The van der Waals surface area contributed by atoms with Gasteiger partial charge in [-0.05, 0) is 31.4 Å². The molecule has 1 heterocycles. The van der Waals surface area contributed by atoms with Crippen LogP contribution in [0.1, 0.15) is 36.0 Å². The molecule has 0 aliphatic carbocycles. The molecule has 6 heteroatoms. The Morgan fingerprint density at radius 1 is 1.23 bits per heavy atom. The zero-order valence-corrected chi connectivity index (χ0v) is 12.3. The Morgan fingerprint density at radius 3 is 2.64 bits per heavy atom.